The number of carbonyl (C=O) groups is 1. The Balaban J connectivity index is 1.52. The van der Waals surface area contributed by atoms with Crippen molar-refractivity contribution in [3.63, 3.8) is 0 Å². The van der Waals surface area contributed by atoms with E-state index >= 15 is 0 Å². The molecule has 0 atom stereocenters. The highest BCUT2D eigenvalue weighted by Crippen LogP contribution is 2.22. The Labute approximate surface area is 185 Å². The van der Waals surface area contributed by atoms with Crippen LogP contribution < -0.4 is 5.32 Å². The summed E-state index contributed by atoms with van der Waals surface area (Å²) in [6.07, 6.45) is 0. The lowest BCUT2D eigenvalue weighted by Gasteiger charge is -2.05. The van der Waals surface area contributed by atoms with Crippen molar-refractivity contribution in [3.8, 4) is 11.3 Å². The van der Waals surface area contributed by atoms with Gasteiger partial charge in [0.25, 0.3) is 0 Å². The molecular weight excluding hydrogens is 412 g/mol. The number of hydrogen-bond acceptors (Lipinski definition) is 4. The quantitative estimate of drug-likeness (QED) is 0.424. The molecule has 0 fully saturated rings. The molecule has 3 aromatic carbocycles. The Bertz CT molecular complexity index is 1170. The minimum absolute atomic E-state index is 0.276. The summed E-state index contributed by atoms with van der Waals surface area (Å²) < 4.78 is 0. The molecule has 4 aromatic rings. The van der Waals surface area contributed by atoms with Gasteiger partial charge < -0.3 is 10.4 Å². The van der Waals surface area contributed by atoms with Gasteiger partial charge in [-0.25, -0.2) is 4.79 Å². The summed E-state index contributed by atoms with van der Waals surface area (Å²) in [7, 11) is 0. The van der Waals surface area contributed by atoms with Gasteiger partial charge in [0.15, 0.2) is 0 Å². The molecule has 0 amide bonds. The van der Waals surface area contributed by atoms with E-state index in [9.17, 15) is 4.79 Å². The zero-order chi connectivity index (χ0) is 21.6. The van der Waals surface area contributed by atoms with E-state index in [0.29, 0.717) is 24.7 Å². The van der Waals surface area contributed by atoms with Gasteiger partial charge in [0.1, 0.15) is 11.4 Å². The average Bonchev–Trinajstić information content (AvgIpc) is 3.19. The van der Waals surface area contributed by atoms with Gasteiger partial charge in [-0.3, -0.25) is 0 Å². The normalized spacial score (nSPS) is 10.9. The van der Waals surface area contributed by atoms with Gasteiger partial charge in [-0.15, -0.1) is 0 Å². The fourth-order valence-corrected chi connectivity index (χ4v) is 3.46. The largest absolute Gasteiger partial charge is 0.478 e. The van der Waals surface area contributed by atoms with Gasteiger partial charge in [0.2, 0.25) is 0 Å². The van der Waals surface area contributed by atoms with Gasteiger partial charge in [-0.05, 0) is 29.3 Å². The molecule has 0 saturated heterocycles. The zero-order valence-electron chi connectivity index (χ0n) is 16.7. The molecule has 31 heavy (non-hydrogen) atoms. The number of rotatable bonds is 8. The highest BCUT2D eigenvalue weighted by atomic mass is 35.5. The molecule has 0 radical (unpaired) electrons. The first kappa shape index (κ1) is 20.8. The van der Waals surface area contributed by atoms with E-state index in [-0.39, 0.29) is 5.56 Å². The van der Waals surface area contributed by atoms with Crippen LogP contribution in [0.4, 0.5) is 0 Å². The van der Waals surface area contributed by atoms with Crippen molar-refractivity contribution in [3.05, 3.63) is 106 Å². The zero-order valence-corrected chi connectivity index (χ0v) is 17.5. The van der Waals surface area contributed by atoms with Gasteiger partial charge in [0.05, 0.1) is 12.1 Å². The van der Waals surface area contributed by atoms with Crippen molar-refractivity contribution in [1.29, 1.82) is 0 Å². The molecule has 0 aliphatic rings. The Morgan fingerprint density at radius 1 is 0.903 bits per heavy atom. The van der Waals surface area contributed by atoms with E-state index in [1.165, 1.54) is 0 Å². The second-order valence-electron chi connectivity index (χ2n) is 7.09. The van der Waals surface area contributed by atoms with Gasteiger partial charge in [-0.1, -0.05) is 72.3 Å². The van der Waals surface area contributed by atoms with Crippen LogP contribution >= 0.6 is 11.6 Å². The predicted octanol–water partition coefficient (Wildman–Crippen LogP) is 4.63. The maximum Gasteiger partial charge on any atom is 0.335 e. The first-order chi connectivity index (χ1) is 15.1. The molecule has 7 heteroatoms. The molecular formula is C24H21ClN4O2. The van der Waals surface area contributed by atoms with Crippen LogP contribution in [0.1, 0.15) is 27.2 Å². The number of carboxylic acids is 1. The summed E-state index contributed by atoms with van der Waals surface area (Å²) in [5, 5.41) is 22.5. The molecule has 0 unspecified atom stereocenters. The van der Waals surface area contributed by atoms with Gasteiger partial charge in [-0.2, -0.15) is 15.0 Å². The molecule has 4 rings (SSSR count). The maximum atomic E-state index is 11.0. The number of benzene rings is 3. The molecule has 1 aromatic heterocycles. The van der Waals surface area contributed by atoms with Crippen LogP contribution in [0.5, 0.6) is 0 Å². The van der Waals surface area contributed by atoms with Crippen molar-refractivity contribution in [2.75, 3.05) is 0 Å². The van der Waals surface area contributed by atoms with Crippen molar-refractivity contribution in [2.24, 2.45) is 0 Å². The van der Waals surface area contributed by atoms with Crippen LogP contribution in [0.15, 0.2) is 78.9 Å². The van der Waals surface area contributed by atoms with Gasteiger partial charge >= 0.3 is 5.97 Å². The second kappa shape index (κ2) is 9.55. The number of halogens is 1. The minimum atomic E-state index is -0.929. The molecule has 1 heterocycles. The number of hydrogen-bond donors (Lipinski definition) is 2. The predicted molar refractivity (Wildman–Crippen MR) is 120 cm³/mol. The molecule has 0 spiro atoms. The molecule has 0 saturated carbocycles. The number of aromatic nitrogens is 3. The topological polar surface area (TPSA) is 80.0 Å². The van der Waals surface area contributed by atoms with Crippen LogP contribution in [-0.2, 0) is 19.6 Å². The molecule has 0 aliphatic heterocycles. The van der Waals surface area contributed by atoms with E-state index in [0.717, 1.165) is 28.1 Å². The maximum absolute atomic E-state index is 11.0. The van der Waals surface area contributed by atoms with E-state index < -0.39 is 5.97 Å². The third kappa shape index (κ3) is 5.17. The first-order valence-corrected chi connectivity index (χ1v) is 10.2. The number of nitrogens with one attached hydrogen (secondary N) is 1. The lowest BCUT2D eigenvalue weighted by molar-refractivity contribution is 0.0697. The summed E-state index contributed by atoms with van der Waals surface area (Å²) in [6.45, 7) is 1.59. The van der Waals surface area contributed by atoms with Crippen LogP contribution in [-0.4, -0.2) is 26.1 Å². The van der Waals surface area contributed by atoms with Crippen LogP contribution in [0.2, 0.25) is 5.02 Å². The lowest BCUT2D eigenvalue weighted by Crippen LogP contribution is -2.14. The minimum Gasteiger partial charge on any atom is -0.478 e. The highest BCUT2D eigenvalue weighted by molar-refractivity contribution is 6.31. The monoisotopic (exact) mass is 432 g/mol. The SMILES string of the molecule is O=C(O)c1ccc(CNCc2nn(Cc3ccccc3Cl)nc2-c2ccccc2)cc1. The Kier molecular flexibility index (Phi) is 6.40. The fraction of sp³-hybridized carbons (Fsp3) is 0.125. The smallest absolute Gasteiger partial charge is 0.335 e. The van der Waals surface area contributed by atoms with E-state index in [2.05, 4.69) is 5.32 Å². The molecule has 156 valence electrons. The Morgan fingerprint density at radius 2 is 1.61 bits per heavy atom. The molecule has 0 aliphatic carbocycles. The fourth-order valence-electron chi connectivity index (χ4n) is 3.26. The highest BCUT2D eigenvalue weighted by Gasteiger charge is 2.14. The summed E-state index contributed by atoms with van der Waals surface area (Å²) in [5.41, 5.74) is 4.88. The van der Waals surface area contributed by atoms with Crippen molar-refractivity contribution in [2.45, 2.75) is 19.6 Å². The first-order valence-electron chi connectivity index (χ1n) is 9.86. The number of aromatic carboxylic acids is 1. The van der Waals surface area contributed by atoms with Crippen molar-refractivity contribution >= 4 is 17.6 Å². The molecule has 6 nitrogen and oxygen atoms in total. The Morgan fingerprint density at radius 3 is 2.32 bits per heavy atom. The van der Waals surface area contributed by atoms with Gasteiger partial charge in [0, 0.05) is 23.7 Å². The average molecular weight is 433 g/mol. The lowest BCUT2D eigenvalue weighted by atomic mass is 10.1. The summed E-state index contributed by atoms with van der Waals surface area (Å²) in [6, 6.07) is 24.4. The van der Waals surface area contributed by atoms with Crippen molar-refractivity contribution in [1.82, 2.24) is 20.3 Å². The third-order valence-electron chi connectivity index (χ3n) is 4.86. The second-order valence-corrected chi connectivity index (χ2v) is 7.50. The third-order valence-corrected chi connectivity index (χ3v) is 5.23. The summed E-state index contributed by atoms with van der Waals surface area (Å²) in [5.74, 6) is -0.929. The Hall–Kier alpha value is -3.48. The van der Waals surface area contributed by atoms with Crippen LogP contribution in [0.3, 0.4) is 0 Å². The summed E-state index contributed by atoms with van der Waals surface area (Å²) >= 11 is 6.30. The molecule has 2 N–H and O–H groups in total. The van der Waals surface area contributed by atoms with Crippen molar-refractivity contribution < 1.29 is 9.90 Å². The van der Waals surface area contributed by atoms with E-state index in [1.807, 2.05) is 66.7 Å². The van der Waals surface area contributed by atoms with E-state index in [1.54, 1.807) is 16.9 Å². The van der Waals surface area contributed by atoms with E-state index in [4.69, 9.17) is 26.9 Å². The van der Waals surface area contributed by atoms with Crippen LogP contribution in [0, 0.1) is 0 Å². The molecule has 0 bridgehead atoms. The van der Waals surface area contributed by atoms with Crippen LogP contribution in [0.25, 0.3) is 11.3 Å². The number of carboxylic acid groups (broad SMARTS) is 1. The number of nitrogens with zero attached hydrogens (tertiary/aromatic N) is 3. The summed E-state index contributed by atoms with van der Waals surface area (Å²) in [4.78, 5) is 12.7. The standard InChI is InChI=1S/C24H21ClN4O2/c25-21-9-5-4-8-20(21)16-29-27-22(23(28-29)18-6-2-1-3-7-18)15-26-14-17-10-12-19(13-11-17)24(30)31/h1-13,26H,14-16H2,(H,30,31).